The van der Waals surface area contributed by atoms with Crippen LogP contribution in [0.1, 0.15) is 22.2 Å². The van der Waals surface area contributed by atoms with Gasteiger partial charge in [0, 0.05) is 9.75 Å². The van der Waals surface area contributed by atoms with E-state index in [1.54, 1.807) is 11.3 Å². The van der Waals surface area contributed by atoms with Gasteiger partial charge in [-0.25, -0.2) is 0 Å². The lowest BCUT2D eigenvalue weighted by molar-refractivity contribution is 0.281. The Balaban J connectivity index is 1.92. The largest absolute Gasteiger partial charge is 0.488 e. The summed E-state index contributed by atoms with van der Waals surface area (Å²) in [5.74, 6) is 0.841. The second-order valence-electron chi connectivity index (χ2n) is 3.81. The molecular weight excluding hydrogens is 232 g/mol. The number of ether oxygens (including phenoxy) is 1. The molecule has 90 valence electrons. The van der Waals surface area contributed by atoms with Crippen molar-refractivity contribution in [1.29, 1.82) is 0 Å². The second kappa shape index (κ2) is 5.84. The van der Waals surface area contributed by atoms with Gasteiger partial charge in [0.05, 0.1) is 6.61 Å². The standard InChI is InChI=1S/C14H16O2S/c1-2-13-7-8-14(17-13)10-16-12-5-3-11(9-15)4-6-12/h3-8,15H,2,9-10H2,1H3. The SMILES string of the molecule is CCc1ccc(COc2ccc(CO)cc2)s1. The molecule has 0 saturated heterocycles. The zero-order valence-electron chi connectivity index (χ0n) is 9.85. The first-order chi connectivity index (χ1) is 8.31. The van der Waals surface area contributed by atoms with Crippen molar-refractivity contribution in [2.45, 2.75) is 26.6 Å². The molecule has 0 radical (unpaired) electrons. The number of aryl methyl sites for hydroxylation is 1. The van der Waals surface area contributed by atoms with Gasteiger partial charge in [0.1, 0.15) is 12.4 Å². The zero-order valence-corrected chi connectivity index (χ0v) is 10.7. The van der Waals surface area contributed by atoms with Crippen LogP contribution in [0.25, 0.3) is 0 Å². The number of thiophene rings is 1. The van der Waals surface area contributed by atoms with Crippen molar-refractivity contribution in [3.8, 4) is 5.75 Å². The Morgan fingerprint density at radius 1 is 1.06 bits per heavy atom. The number of hydrogen-bond donors (Lipinski definition) is 1. The fourth-order valence-corrected chi connectivity index (χ4v) is 2.41. The van der Waals surface area contributed by atoms with E-state index >= 15 is 0 Å². The van der Waals surface area contributed by atoms with E-state index in [2.05, 4.69) is 19.1 Å². The van der Waals surface area contributed by atoms with E-state index in [9.17, 15) is 0 Å². The Labute approximate surface area is 105 Å². The highest BCUT2D eigenvalue weighted by Crippen LogP contribution is 2.20. The molecule has 0 fully saturated rings. The van der Waals surface area contributed by atoms with Crippen molar-refractivity contribution >= 4 is 11.3 Å². The van der Waals surface area contributed by atoms with E-state index in [4.69, 9.17) is 9.84 Å². The first-order valence-corrected chi connectivity index (χ1v) is 6.53. The van der Waals surface area contributed by atoms with Gasteiger partial charge >= 0.3 is 0 Å². The molecule has 0 unspecified atom stereocenters. The van der Waals surface area contributed by atoms with Gasteiger partial charge in [0.15, 0.2) is 0 Å². The van der Waals surface area contributed by atoms with Crippen molar-refractivity contribution in [2.75, 3.05) is 0 Å². The number of rotatable bonds is 5. The number of benzene rings is 1. The number of aliphatic hydroxyl groups excluding tert-OH is 1. The zero-order chi connectivity index (χ0) is 12.1. The average Bonchev–Trinajstić information content (AvgIpc) is 2.85. The second-order valence-corrected chi connectivity index (χ2v) is 5.07. The minimum atomic E-state index is 0.0745. The monoisotopic (exact) mass is 248 g/mol. The molecule has 0 amide bonds. The van der Waals surface area contributed by atoms with Gasteiger partial charge in [0.2, 0.25) is 0 Å². The van der Waals surface area contributed by atoms with Crippen molar-refractivity contribution in [2.24, 2.45) is 0 Å². The van der Waals surface area contributed by atoms with Gasteiger partial charge in [-0.1, -0.05) is 19.1 Å². The molecule has 0 atom stereocenters. The summed E-state index contributed by atoms with van der Waals surface area (Å²) in [5.41, 5.74) is 0.904. The smallest absolute Gasteiger partial charge is 0.122 e. The van der Waals surface area contributed by atoms with Crippen molar-refractivity contribution < 1.29 is 9.84 Å². The van der Waals surface area contributed by atoms with E-state index in [0.29, 0.717) is 6.61 Å². The molecule has 0 bridgehead atoms. The molecule has 17 heavy (non-hydrogen) atoms. The third-order valence-corrected chi connectivity index (χ3v) is 3.76. The molecule has 3 heteroatoms. The predicted octanol–water partition coefficient (Wildman–Crippen LogP) is 3.38. The van der Waals surface area contributed by atoms with Crippen LogP contribution in [0.4, 0.5) is 0 Å². The average molecular weight is 248 g/mol. The highest BCUT2D eigenvalue weighted by atomic mass is 32.1. The number of hydrogen-bond acceptors (Lipinski definition) is 3. The van der Waals surface area contributed by atoms with E-state index < -0.39 is 0 Å². The number of aliphatic hydroxyl groups is 1. The quantitative estimate of drug-likeness (QED) is 0.879. The van der Waals surface area contributed by atoms with Gasteiger partial charge < -0.3 is 9.84 Å². The first kappa shape index (κ1) is 12.1. The summed E-state index contributed by atoms with van der Waals surface area (Å²) >= 11 is 1.79. The molecule has 2 rings (SSSR count). The molecule has 0 saturated carbocycles. The fourth-order valence-electron chi connectivity index (χ4n) is 1.54. The Hall–Kier alpha value is -1.32. The molecule has 0 spiro atoms. The minimum absolute atomic E-state index is 0.0745. The van der Waals surface area contributed by atoms with Crippen LogP contribution in [0.3, 0.4) is 0 Å². The third-order valence-electron chi connectivity index (χ3n) is 2.55. The van der Waals surface area contributed by atoms with Crippen LogP contribution >= 0.6 is 11.3 Å². The van der Waals surface area contributed by atoms with Crippen LogP contribution < -0.4 is 4.74 Å². The van der Waals surface area contributed by atoms with Gasteiger partial charge in [0.25, 0.3) is 0 Å². The van der Waals surface area contributed by atoms with Gasteiger partial charge in [-0.3, -0.25) is 0 Å². The highest BCUT2D eigenvalue weighted by molar-refractivity contribution is 7.11. The predicted molar refractivity (Wildman–Crippen MR) is 70.4 cm³/mol. The summed E-state index contributed by atoms with van der Waals surface area (Å²) in [6.45, 7) is 2.85. The maximum absolute atomic E-state index is 8.93. The molecule has 0 aliphatic heterocycles. The van der Waals surface area contributed by atoms with E-state index in [0.717, 1.165) is 17.7 Å². The topological polar surface area (TPSA) is 29.5 Å². The lowest BCUT2D eigenvalue weighted by Gasteiger charge is -2.05. The highest BCUT2D eigenvalue weighted by Gasteiger charge is 2.00. The Kier molecular flexibility index (Phi) is 4.18. The fraction of sp³-hybridized carbons (Fsp3) is 0.286. The summed E-state index contributed by atoms with van der Waals surface area (Å²) in [5, 5.41) is 8.93. The van der Waals surface area contributed by atoms with Gasteiger partial charge in [-0.2, -0.15) is 0 Å². The molecule has 1 aromatic carbocycles. The molecule has 2 aromatic rings. The normalized spacial score (nSPS) is 10.5. The summed E-state index contributed by atoms with van der Waals surface area (Å²) in [4.78, 5) is 2.63. The van der Waals surface area contributed by atoms with Crippen LogP contribution in [0.15, 0.2) is 36.4 Å². The van der Waals surface area contributed by atoms with Crippen molar-refractivity contribution in [1.82, 2.24) is 0 Å². The molecule has 2 nitrogen and oxygen atoms in total. The Morgan fingerprint density at radius 3 is 2.35 bits per heavy atom. The lowest BCUT2D eigenvalue weighted by Crippen LogP contribution is -1.93. The summed E-state index contributed by atoms with van der Waals surface area (Å²) in [6, 6.07) is 11.8. The maximum Gasteiger partial charge on any atom is 0.122 e. The minimum Gasteiger partial charge on any atom is -0.488 e. The van der Waals surface area contributed by atoms with Crippen LogP contribution in [0.2, 0.25) is 0 Å². The van der Waals surface area contributed by atoms with E-state index in [-0.39, 0.29) is 6.61 Å². The first-order valence-electron chi connectivity index (χ1n) is 5.72. The van der Waals surface area contributed by atoms with E-state index in [1.807, 2.05) is 24.3 Å². The maximum atomic E-state index is 8.93. The molecule has 0 aliphatic carbocycles. The Morgan fingerprint density at radius 2 is 1.76 bits per heavy atom. The Bertz CT molecular complexity index is 459. The van der Waals surface area contributed by atoms with Crippen LogP contribution in [-0.2, 0) is 19.6 Å². The van der Waals surface area contributed by atoms with Crippen LogP contribution in [0, 0.1) is 0 Å². The summed E-state index contributed by atoms with van der Waals surface area (Å²) < 4.78 is 5.68. The van der Waals surface area contributed by atoms with E-state index in [1.165, 1.54) is 9.75 Å². The summed E-state index contributed by atoms with van der Waals surface area (Å²) in [7, 11) is 0. The molecule has 1 heterocycles. The van der Waals surface area contributed by atoms with Crippen molar-refractivity contribution in [3.05, 3.63) is 51.7 Å². The molecule has 0 aliphatic rings. The van der Waals surface area contributed by atoms with Gasteiger partial charge in [-0.15, -0.1) is 11.3 Å². The lowest BCUT2D eigenvalue weighted by atomic mass is 10.2. The van der Waals surface area contributed by atoms with Crippen LogP contribution in [-0.4, -0.2) is 5.11 Å². The molecular formula is C14H16O2S. The summed E-state index contributed by atoms with van der Waals surface area (Å²) in [6.07, 6.45) is 1.08. The van der Waals surface area contributed by atoms with Crippen molar-refractivity contribution in [3.63, 3.8) is 0 Å². The molecule has 1 N–H and O–H groups in total. The van der Waals surface area contributed by atoms with Gasteiger partial charge in [-0.05, 0) is 36.2 Å². The molecule has 1 aromatic heterocycles. The van der Waals surface area contributed by atoms with Crippen LogP contribution in [0.5, 0.6) is 5.75 Å². The third kappa shape index (κ3) is 3.32.